The Balaban J connectivity index is 1.52. The number of nitrogens with zero attached hydrogens (tertiary/aromatic N) is 1. The molecular weight excluding hydrogens is 290 g/mol. The molecule has 5 nitrogen and oxygen atoms in total. The monoisotopic (exact) mass is 313 g/mol. The van der Waals surface area contributed by atoms with Gasteiger partial charge in [0.15, 0.2) is 0 Å². The second kappa shape index (κ2) is 7.40. The average molecular weight is 313 g/mol. The van der Waals surface area contributed by atoms with Crippen LogP contribution >= 0.6 is 0 Å². The Morgan fingerprint density at radius 2 is 2.00 bits per heavy atom. The Kier molecular flexibility index (Phi) is 5.05. The van der Waals surface area contributed by atoms with Gasteiger partial charge in [0.1, 0.15) is 5.82 Å². The molecule has 1 aromatic heterocycles. The number of amides is 1. The Morgan fingerprint density at radius 3 is 2.83 bits per heavy atom. The summed E-state index contributed by atoms with van der Waals surface area (Å²) < 4.78 is 0. The quantitative estimate of drug-likeness (QED) is 0.891. The number of hydrogen-bond donors (Lipinski definition) is 2. The molecule has 23 heavy (non-hydrogen) atoms. The van der Waals surface area contributed by atoms with Crippen molar-refractivity contribution in [2.24, 2.45) is 0 Å². The highest BCUT2D eigenvalue weighted by Gasteiger charge is 2.15. The Bertz CT molecular complexity index is 732. The van der Waals surface area contributed by atoms with Crippen molar-refractivity contribution in [1.82, 2.24) is 15.3 Å². The third-order valence-electron chi connectivity index (χ3n) is 4.45. The zero-order valence-electron chi connectivity index (χ0n) is 13.3. The van der Waals surface area contributed by atoms with Gasteiger partial charge in [0.2, 0.25) is 5.91 Å². The zero-order chi connectivity index (χ0) is 16.1. The van der Waals surface area contributed by atoms with E-state index in [2.05, 4.69) is 15.3 Å². The second-order valence-electron chi connectivity index (χ2n) is 6.29. The minimum absolute atomic E-state index is 0.111. The summed E-state index contributed by atoms with van der Waals surface area (Å²) in [6.45, 7) is 0. The second-order valence-corrected chi connectivity index (χ2v) is 6.29. The van der Waals surface area contributed by atoms with Crippen LogP contribution in [0.2, 0.25) is 0 Å². The van der Waals surface area contributed by atoms with Crippen molar-refractivity contribution in [3.8, 4) is 0 Å². The van der Waals surface area contributed by atoms with E-state index >= 15 is 0 Å². The van der Waals surface area contributed by atoms with E-state index in [1.165, 1.54) is 19.3 Å². The first-order chi connectivity index (χ1) is 11.2. The highest BCUT2D eigenvalue weighted by molar-refractivity contribution is 5.77. The number of nitrogens with one attached hydrogen (secondary N) is 2. The van der Waals surface area contributed by atoms with Crippen LogP contribution in [0.15, 0.2) is 29.1 Å². The maximum Gasteiger partial charge on any atom is 0.258 e. The van der Waals surface area contributed by atoms with Crippen LogP contribution in [0.1, 0.15) is 50.8 Å². The summed E-state index contributed by atoms with van der Waals surface area (Å²) in [6.07, 6.45) is 7.70. The summed E-state index contributed by atoms with van der Waals surface area (Å²) in [5.41, 5.74) is 0.593. The van der Waals surface area contributed by atoms with E-state index in [4.69, 9.17) is 0 Å². The van der Waals surface area contributed by atoms with Crippen molar-refractivity contribution in [1.29, 1.82) is 0 Å². The third kappa shape index (κ3) is 4.18. The summed E-state index contributed by atoms with van der Waals surface area (Å²) in [4.78, 5) is 31.2. The topological polar surface area (TPSA) is 74.8 Å². The highest BCUT2D eigenvalue weighted by atomic mass is 16.1. The molecule has 1 fully saturated rings. The van der Waals surface area contributed by atoms with Crippen LogP contribution in [0.3, 0.4) is 0 Å². The van der Waals surface area contributed by atoms with Crippen molar-refractivity contribution < 1.29 is 4.79 Å². The summed E-state index contributed by atoms with van der Waals surface area (Å²) >= 11 is 0. The normalized spacial score (nSPS) is 15.7. The van der Waals surface area contributed by atoms with E-state index in [-0.39, 0.29) is 11.5 Å². The number of carbonyl (C=O) groups excluding carboxylic acids is 1. The fourth-order valence-electron chi connectivity index (χ4n) is 3.22. The molecule has 0 radical (unpaired) electrons. The van der Waals surface area contributed by atoms with Gasteiger partial charge < -0.3 is 10.3 Å². The molecule has 2 aromatic rings. The number of hydrogen-bond acceptors (Lipinski definition) is 3. The SMILES string of the molecule is O=C(CCCc1nc2ccccc2c(=O)[nH]1)NC1CCCCC1. The molecule has 1 aliphatic carbocycles. The molecule has 0 unspecified atom stereocenters. The molecule has 0 atom stereocenters. The third-order valence-corrected chi connectivity index (χ3v) is 4.45. The lowest BCUT2D eigenvalue weighted by Gasteiger charge is -2.22. The number of fused-ring (bicyclic) bond motifs is 1. The van der Waals surface area contributed by atoms with Gasteiger partial charge in [0, 0.05) is 18.9 Å². The first-order valence-corrected chi connectivity index (χ1v) is 8.50. The lowest BCUT2D eigenvalue weighted by atomic mass is 9.95. The molecule has 5 heteroatoms. The van der Waals surface area contributed by atoms with Gasteiger partial charge in [-0.15, -0.1) is 0 Å². The van der Waals surface area contributed by atoms with Crippen LogP contribution in [-0.2, 0) is 11.2 Å². The molecule has 1 saturated carbocycles. The highest BCUT2D eigenvalue weighted by Crippen LogP contribution is 2.17. The standard InChI is InChI=1S/C18H23N3O2/c22-17(19-13-7-2-1-3-8-13)12-6-11-16-20-15-10-5-4-9-14(15)18(23)21-16/h4-5,9-10,13H,1-3,6-8,11-12H2,(H,19,22)(H,20,21,23). The fraction of sp³-hybridized carbons (Fsp3) is 0.500. The van der Waals surface area contributed by atoms with Gasteiger partial charge in [0.05, 0.1) is 10.9 Å². The van der Waals surface area contributed by atoms with Gasteiger partial charge in [-0.1, -0.05) is 31.4 Å². The summed E-state index contributed by atoms with van der Waals surface area (Å²) in [5.74, 6) is 0.763. The van der Waals surface area contributed by atoms with E-state index < -0.39 is 0 Å². The number of aromatic amines is 1. The lowest BCUT2D eigenvalue weighted by Crippen LogP contribution is -2.36. The predicted molar refractivity (Wildman–Crippen MR) is 90.3 cm³/mol. The van der Waals surface area contributed by atoms with Gasteiger partial charge >= 0.3 is 0 Å². The van der Waals surface area contributed by atoms with Crippen LogP contribution < -0.4 is 10.9 Å². The van der Waals surface area contributed by atoms with Crippen molar-refractivity contribution in [2.75, 3.05) is 0 Å². The molecule has 122 valence electrons. The van der Waals surface area contributed by atoms with E-state index in [1.807, 2.05) is 18.2 Å². The van der Waals surface area contributed by atoms with E-state index in [1.54, 1.807) is 6.07 Å². The molecule has 0 spiro atoms. The minimum atomic E-state index is -0.114. The fourth-order valence-corrected chi connectivity index (χ4v) is 3.22. The maximum absolute atomic E-state index is 12.0. The largest absolute Gasteiger partial charge is 0.353 e. The minimum Gasteiger partial charge on any atom is -0.353 e. The Morgan fingerprint density at radius 1 is 1.22 bits per heavy atom. The van der Waals surface area contributed by atoms with E-state index in [9.17, 15) is 9.59 Å². The molecule has 0 saturated heterocycles. The lowest BCUT2D eigenvalue weighted by molar-refractivity contribution is -0.122. The molecule has 2 N–H and O–H groups in total. The number of aryl methyl sites for hydroxylation is 1. The van der Waals surface area contributed by atoms with Crippen LogP contribution in [0.5, 0.6) is 0 Å². The smallest absolute Gasteiger partial charge is 0.258 e. The molecule has 1 amide bonds. The van der Waals surface area contributed by atoms with Crippen LogP contribution in [0.25, 0.3) is 10.9 Å². The van der Waals surface area contributed by atoms with Crippen LogP contribution in [-0.4, -0.2) is 21.9 Å². The Hall–Kier alpha value is -2.17. The van der Waals surface area contributed by atoms with Crippen molar-refractivity contribution in [3.05, 3.63) is 40.4 Å². The van der Waals surface area contributed by atoms with E-state index in [0.717, 1.165) is 12.8 Å². The van der Waals surface area contributed by atoms with Crippen LogP contribution in [0.4, 0.5) is 0 Å². The summed E-state index contributed by atoms with van der Waals surface area (Å²) in [6, 6.07) is 7.66. The van der Waals surface area contributed by atoms with Crippen LogP contribution in [0, 0.1) is 0 Å². The van der Waals surface area contributed by atoms with Gasteiger partial charge in [-0.05, 0) is 31.4 Å². The van der Waals surface area contributed by atoms with Gasteiger partial charge in [-0.25, -0.2) is 4.98 Å². The molecule has 1 heterocycles. The molecular formula is C18H23N3O2. The number of para-hydroxylation sites is 1. The summed E-state index contributed by atoms with van der Waals surface area (Å²) in [5, 5.41) is 3.72. The number of aromatic nitrogens is 2. The predicted octanol–water partition coefficient (Wildman–Crippen LogP) is 2.69. The molecule has 0 aliphatic heterocycles. The first kappa shape index (κ1) is 15.7. The van der Waals surface area contributed by atoms with Crippen molar-refractivity contribution in [2.45, 2.75) is 57.4 Å². The number of H-pyrrole nitrogens is 1. The first-order valence-electron chi connectivity index (χ1n) is 8.50. The van der Waals surface area contributed by atoms with Crippen molar-refractivity contribution in [3.63, 3.8) is 0 Å². The number of benzene rings is 1. The average Bonchev–Trinajstić information content (AvgIpc) is 2.56. The van der Waals surface area contributed by atoms with Gasteiger partial charge in [-0.3, -0.25) is 9.59 Å². The zero-order valence-corrected chi connectivity index (χ0v) is 13.3. The maximum atomic E-state index is 12.0. The Labute approximate surface area is 135 Å². The van der Waals surface area contributed by atoms with Gasteiger partial charge in [0.25, 0.3) is 5.56 Å². The molecule has 0 bridgehead atoms. The summed E-state index contributed by atoms with van der Waals surface area (Å²) in [7, 11) is 0. The van der Waals surface area contributed by atoms with Gasteiger partial charge in [-0.2, -0.15) is 0 Å². The molecule has 1 aliphatic rings. The number of carbonyl (C=O) groups is 1. The van der Waals surface area contributed by atoms with Crippen molar-refractivity contribution >= 4 is 16.8 Å². The molecule has 1 aromatic carbocycles. The van der Waals surface area contributed by atoms with E-state index in [0.29, 0.717) is 42.0 Å². The molecule has 3 rings (SSSR count). The number of rotatable bonds is 5.